The number of carbonyl (C=O) groups is 4. The predicted molar refractivity (Wildman–Crippen MR) is 271 cm³/mol. The van der Waals surface area contributed by atoms with Gasteiger partial charge in [-0.2, -0.15) is 26.3 Å². The molecule has 0 aliphatic carbocycles. The maximum Gasteiger partial charge on any atom is 1.00 e. The molecule has 2 atom stereocenters. The second-order valence-corrected chi connectivity index (χ2v) is 17.4. The van der Waals surface area contributed by atoms with Crippen molar-refractivity contribution in [3.63, 3.8) is 0 Å². The molecule has 2 spiro atoms. The normalized spacial score (nSPS) is 18.6. The van der Waals surface area contributed by atoms with Gasteiger partial charge in [0.05, 0.1) is 54.3 Å². The van der Waals surface area contributed by atoms with Crippen molar-refractivity contribution < 1.29 is 86.0 Å². The molecule has 0 radical (unpaired) electrons. The van der Waals surface area contributed by atoms with Gasteiger partial charge in [-0.3, -0.25) is 29.1 Å². The molecule has 10 rings (SSSR count). The molecule has 2 saturated heterocycles. The van der Waals surface area contributed by atoms with Crippen molar-refractivity contribution in [1.82, 2.24) is 20.2 Å². The van der Waals surface area contributed by atoms with Crippen molar-refractivity contribution in [2.75, 3.05) is 48.9 Å². The summed E-state index contributed by atoms with van der Waals surface area (Å²) in [4.78, 5) is 68.5. The maximum absolute atomic E-state index is 13.4. The standard InChI is InChI=1S/C26H21F3N4O3.C17H15N3O2.C9H7BrF3NO.ClH.Na.H/c27-26(28,29)19-4-3-5-20(14-19)31-22(34)15-33-24(35)23(32-25(33)11-13-36-16-25)18-9-7-17(8-10-18)21-6-1-2-12-30-21;21-16-15(19-17(20-16)8-10-22-11-17)13-6-4-12(5-7-13)14-3-1-2-9-18-14;10-5-8(15)14-7-3-1-2-6(4-7)9(11,12)13;;;/h1-10,12,14H,11,13,15-16H2,(H,31,34);1-7,9H,8,10-11H2,(H,20,21);1-4H,5H2,(H,14,15);1H;;/q;;;;+1;-1. The van der Waals surface area contributed by atoms with Gasteiger partial charge in [0.2, 0.25) is 11.8 Å². The Hall–Kier alpha value is -6.33. The molecule has 4 aromatic carbocycles. The summed E-state index contributed by atoms with van der Waals surface area (Å²) in [5, 5.41) is 7.76. The van der Waals surface area contributed by atoms with Gasteiger partial charge in [0.1, 0.15) is 18.0 Å². The smallest absolute Gasteiger partial charge is 1.00 e. The first-order valence-electron chi connectivity index (χ1n) is 22.5. The fourth-order valence-corrected chi connectivity index (χ4v) is 8.27. The van der Waals surface area contributed by atoms with Gasteiger partial charge in [0, 0.05) is 58.9 Å². The number of anilines is 2. The minimum absolute atomic E-state index is 0. The third-order valence-electron chi connectivity index (χ3n) is 11.7. The molecule has 75 heavy (non-hydrogen) atoms. The Morgan fingerprint density at radius 2 is 1.13 bits per heavy atom. The summed E-state index contributed by atoms with van der Waals surface area (Å²) in [5.41, 5.74) is 2.58. The fourth-order valence-electron chi connectivity index (χ4n) is 8.13. The molecule has 4 aliphatic heterocycles. The van der Waals surface area contributed by atoms with Crippen LogP contribution in [0, 0.1) is 0 Å². The number of benzene rings is 4. The predicted octanol–water partition coefficient (Wildman–Crippen LogP) is 6.52. The molecule has 6 aromatic rings. The Balaban J connectivity index is 0.000000228. The quantitative estimate of drug-likeness (QED) is 0.0834. The van der Waals surface area contributed by atoms with Gasteiger partial charge in [-0.05, 0) is 60.7 Å². The molecule has 0 bridgehead atoms. The number of carbonyl (C=O) groups excluding carboxylic acids is 4. The van der Waals surface area contributed by atoms with E-state index in [4.69, 9.17) is 9.47 Å². The molecule has 4 aliphatic rings. The summed E-state index contributed by atoms with van der Waals surface area (Å²) in [7, 11) is 0. The Labute approximate surface area is 464 Å². The summed E-state index contributed by atoms with van der Waals surface area (Å²) in [5.74, 6) is -1.59. The van der Waals surface area contributed by atoms with Crippen molar-refractivity contribution in [2.24, 2.45) is 9.98 Å². The monoisotopic (exact) mass is 1130 g/mol. The Morgan fingerprint density at radius 1 is 0.640 bits per heavy atom. The minimum atomic E-state index is -4.54. The number of nitrogens with zero attached hydrogens (tertiary/aromatic N) is 5. The summed E-state index contributed by atoms with van der Waals surface area (Å²) in [6.07, 6.45) is -4.33. The van der Waals surface area contributed by atoms with Crippen LogP contribution in [0.15, 0.2) is 156 Å². The average Bonchev–Trinajstić information content (AvgIpc) is 4.20. The Bertz CT molecular complexity index is 3040. The van der Waals surface area contributed by atoms with E-state index in [1.807, 2.05) is 72.8 Å². The van der Waals surface area contributed by atoms with Gasteiger partial charge < -0.3 is 31.8 Å². The molecular formula is C52H45BrClF6N8NaO6. The molecule has 14 nitrogen and oxygen atoms in total. The van der Waals surface area contributed by atoms with Crippen LogP contribution in [-0.2, 0) is 41.0 Å². The van der Waals surface area contributed by atoms with Gasteiger partial charge in [-0.15, -0.1) is 12.4 Å². The van der Waals surface area contributed by atoms with Crippen LogP contribution in [0.4, 0.5) is 37.7 Å². The largest absolute Gasteiger partial charge is 1.00 e. The van der Waals surface area contributed by atoms with Crippen molar-refractivity contribution in [1.29, 1.82) is 0 Å². The summed E-state index contributed by atoms with van der Waals surface area (Å²) < 4.78 is 86.7. The summed E-state index contributed by atoms with van der Waals surface area (Å²) in [6, 6.07) is 35.2. The van der Waals surface area contributed by atoms with E-state index in [1.54, 1.807) is 24.5 Å². The number of ether oxygens (including phenoxy) is 2. The van der Waals surface area contributed by atoms with Crippen LogP contribution in [-0.4, -0.2) is 99.5 Å². The van der Waals surface area contributed by atoms with Gasteiger partial charge in [0.25, 0.3) is 11.8 Å². The number of hydrogen-bond acceptors (Lipinski definition) is 10. The van der Waals surface area contributed by atoms with E-state index < -0.39 is 52.5 Å². The number of rotatable bonds is 9. The van der Waals surface area contributed by atoms with Crippen molar-refractivity contribution in [2.45, 2.75) is 36.5 Å². The molecule has 4 amide bonds. The average molecular weight is 1130 g/mol. The zero-order valence-electron chi connectivity index (χ0n) is 40.8. The number of amides is 4. The first kappa shape index (κ1) is 57.9. The van der Waals surface area contributed by atoms with E-state index in [1.165, 1.54) is 29.2 Å². The number of hydrogen-bond donors (Lipinski definition) is 3. The van der Waals surface area contributed by atoms with E-state index in [-0.39, 0.29) is 84.9 Å². The van der Waals surface area contributed by atoms with Crippen LogP contribution in [0.5, 0.6) is 0 Å². The zero-order chi connectivity index (χ0) is 51.8. The molecular weight excluding hydrogens is 1080 g/mol. The SMILES string of the molecule is Cl.O=C(CBr)Nc1cccc(C(F)(F)F)c1.O=C(CN1C(=O)C(c2ccc(-c3ccccn3)cc2)=NC12CCOC2)Nc1cccc(C(F)(F)F)c1.O=C1NC2(CCOC2)N=C1c1ccc(-c2ccccn2)cc1.[H-].[Na+]. The van der Waals surface area contributed by atoms with Crippen LogP contribution in [0.3, 0.4) is 0 Å². The maximum atomic E-state index is 13.4. The third-order valence-corrected chi connectivity index (χ3v) is 12.3. The molecule has 2 fully saturated rings. The van der Waals surface area contributed by atoms with Gasteiger partial charge in [0.15, 0.2) is 11.3 Å². The second kappa shape index (κ2) is 25.0. The minimum Gasteiger partial charge on any atom is -1.00 e. The first-order chi connectivity index (χ1) is 34.9. The van der Waals surface area contributed by atoms with E-state index in [2.05, 4.69) is 51.8 Å². The fraction of sp³-hybridized carbons (Fsp3) is 0.231. The van der Waals surface area contributed by atoms with Crippen molar-refractivity contribution in [3.05, 3.63) is 168 Å². The van der Waals surface area contributed by atoms with Crippen molar-refractivity contribution >= 4 is 74.8 Å². The number of aromatic nitrogens is 2. The Morgan fingerprint density at radius 3 is 1.59 bits per heavy atom. The number of aliphatic imine (C=N–C) groups is 2. The number of alkyl halides is 7. The van der Waals surface area contributed by atoms with E-state index >= 15 is 0 Å². The molecule has 0 saturated carbocycles. The molecule has 2 unspecified atom stereocenters. The number of halogens is 8. The molecule has 6 heterocycles. The van der Waals surface area contributed by atoms with E-state index in [0.717, 1.165) is 58.8 Å². The third kappa shape index (κ3) is 14.3. The van der Waals surface area contributed by atoms with Crippen LogP contribution >= 0.6 is 28.3 Å². The van der Waals surface area contributed by atoms with Gasteiger partial charge in [-0.1, -0.05) is 88.7 Å². The number of nitrogens with one attached hydrogen (secondary N) is 3. The first-order valence-corrected chi connectivity index (χ1v) is 23.6. The molecule has 2 aromatic heterocycles. The molecule has 3 N–H and O–H groups in total. The second-order valence-electron chi connectivity index (χ2n) is 16.9. The van der Waals surface area contributed by atoms with E-state index in [0.29, 0.717) is 37.5 Å². The molecule has 23 heteroatoms. The van der Waals surface area contributed by atoms with Crippen LogP contribution in [0.25, 0.3) is 22.5 Å². The topological polar surface area (TPSA) is 177 Å². The number of pyridine rings is 2. The summed E-state index contributed by atoms with van der Waals surface area (Å²) >= 11 is 2.90. The van der Waals surface area contributed by atoms with Gasteiger partial charge >= 0.3 is 41.9 Å². The Kier molecular flexibility index (Phi) is 19.3. The van der Waals surface area contributed by atoms with Crippen LogP contribution < -0.4 is 45.5 Å². The van der Waals surface area contributed by atoms with Crippen LogP contribution in [0.2, 0.25) is 0 Å². The summed E-state index contributed by atoms with van der Waals surface area (Å²) in [6.45, 7) is 1.21. The van der Waals surface area contributed by atoms with Gasteiger partial charge in [-0.25, -0.2) is 9.98 Å². The van der Waals surface area contributed by atoms with Crippen molar-refractivity contribution in [3.8, 4) is 22.5 Å². The zero-order valence-corrected chi connectivity index (χ0v) is 44.2. The van der Waals surface area contributed by atoms with E-state index in [9.17, 15) is 45.5 Å². The molecule has 386 valence electrons. The van der Waals surface area contributed by atoms with Crippen LogP contribution in [0.1, 0.15) is 36.5 Å².